The summed E-state index contributed by atoms with van der Waals surface area (Å²) in [7, 11) is 6.59. The SMILES string of the molecule is C=CC.CCCCCCCCC(CCCC)(OC)C(OC)(OC)OC. The third-order valence-electron chi connectivity index (χ3n) is 4.62. The number of hydrogen-bond acceptors (Lipinski definition) is 4. The molecule has 0 heterocycles. The molecule has 4 heteroatoms. The Bertz CT molecular complexity index is 281. The van der Waals surface area contributed by atoms with Crippen molar-refractivity contribution in [2.75, 3.05) is 28.4 Å². The number of allylic oxidation sites excluding steroid dienone is 1. The van der Waals surface area contributed by atoms with Crippen molar-refractivity contribution in [1.82, 2.24) is 0 Å². The van der Waals surface area contributed by atoms with Crippen molar-refractivity contribution in [3.8, 4) is 0 Å². The summed E-state index contributed by atoms with van der Waals surface area (Å²) in [6, 6.07) is 0. The molecule has 152 valence electrons. The van der Waals surface area contributed by atoms with E-state index in [1.54, 1.807) is 34.5 Å². The van der Waals surface area contributed by atoms with Gasteiger partial charge in [0.15, 0.2) is 0 Å². The Morgan fingerprint density at radius 2 is 1.08 bits per heavy atom. The molecule has 0 aliphatic carbocycles. The van der Waals surface area contributed by atoms with E-state index in [1.165, 1.54) is 32.1 Å². The fraction of sp³-hybridized carbons (Fsp3) is 0.905. The molecule has 1 atom stereocenters. The minimum absolute atomic E-state index is 0.563. The molecule has 25 heavy (non-hydrogen) atoms. The fourth-order valence-electron chi connectivity index (χ4n) is 3.22. The lowest BCUT2D eigenvalue weighted by molar-refractivity contribution is -0.425. The van der Waals surface area contributed by atoms with Gasteiger partial charge >= 0.3 is 5.97 Å². The molecule has 0 bridgehead atoms. The third kappa shape index (κ3) is 9.18. The first-order valence-electron chi connectivity index (χ1n) is 9.81. The van der Waals surface area contributed by atoms with Gasteiger partial charge in [-0.15, -0.1) is 6.58 Å². The van der Waals surface area contributed by atoms with E-state index in [1.807, 2.05) is 6.92 Å². The molecule has 0 spiro atoms. The number of methoxy groups -OCH3 is 4. The molecule has 0 aliphatic heterocycles. The van der Waals surface area contributed by atoms with Crippen molar-refractivity contribution in [1.29, 1.82) is 0 Å². The van der Waals surface area contributed by atoms with E-state index in [9.17, 15) is 0 Å². The highest BCUT2D eigenvalue weighted by atomic mass is 16.9. The van der Waals surface area contributed by atoms with E-state index in [0.29, 0.717) is 0 Å². The van der Waals surface area contributed by atoms with E-state index in [0.717, 1.165) is 32.1 Å². The van der Waals surface area contributed by atoms with Crippen LogP contribution in [0.1, 0.15) is 85.0 Å². The zero-order valence-corrected chi connectivity index (χ0v) is 18.0. The molecule has 0 rings (SSSR count). The Morgan fingerprint density at radius 1 is 0.680 bits per heavy atom. The van der Waals surface area contributed by atoms with Gasteiger partial charge in [-0.05, 0) is 19.8 Å². The zero-order chi connectivity index (χ0) is 19.6. The average Bonchev–Trinajstić information content (AvgIpc) is 2.64. The summed E-state index contributed by atoms with van der Waals surface area (Å²) >= 11 is 0. The average molecular weight is 361 g/mol. The van der Waals surface area contributed by atoms with Gasteiger partial charge in [0.05, 0.1) is 0 Å². The van der Waals surface area contributed by atoms with Crippen molar-refractivity contribution in [2.24, 2.45) is 0 Å². The van der Waals surface area contributed by atoms with Gasteiger partial charge in [0, 0.05) is 28.4 Å². The molecule has 0 saturated heterocycles. The van der Waals surface area contributed by atoms with E-state index in [-0.39, 0.29) is 0 Å². The zero-order valence-electron chi connectivity index (χ0n) is 18.0. The van der Waals surface area contributed by atoms with Crippen LogP contribution in [0.25, 0.3) is 0 Å². The topological polar surface area (TPSA) is 36.9 Å². The van der Waals surface area contributed by atoms with E-state index in [2.05, 4.69) is 20.4 Å². The first-order valence-corrected chi connectivity index (χ1v) is 9.81. The molecule has 0 amide bonds. The van der Waals surface area contributed by atoms with Crippen molar-refractivity contribution in [3.63, 3.8) is 0 Å². The predicted molar refractivity (Wildman–Crippen MR) is 107 cm³/mol. The summed E-state index contributed by atoms with van der Waals surface area (Å²) in [5.74, 6) is -1.14. The minimum Gasteiger partial charge on any atom is -0.370 e. The summed E-state index contributed by atoms with van der Waals surface area (Å²) in [6.07, 6.45) is 13.2. The van der Waals surface area contributed by atoms with Gasteiger partial charge in [-0.3, -0.25) is 0 Å². The number of hydrogen-bond donors (Lipinski definition) is 0. The molecule has 0 radical (unpaired) electrons. The van der Waals surface area contributed by atoms with E-state index in [4.69, 9.17) is 18.9 Å². The van der Waals surface area contributed by atoms with Crippen LogP contribution in [0.3, 0.4) is 0 Å². The quantitative estimate of drug-likeness (QED) is 0.201. The Balaban J connectivity index is 0. The fourth-order valence-corrected chi connectivity index (χ4v) is 3.22. The highest BCUT2D eigenvalue weighted by Crippen LogP contribution is 2.39. The summed E-state index contributed by atoms with van der Waals surface area (Å²) in [5, 5.41) is 0. The smallest absolute Gasteiger partial charge is 0.313 e. The van der Waals surface area contributed by atoms with Crippen molar-refractivity contribution in [3.05, 3.63) is 12.7 Å². The van der Waals surface area contributed by atoms with Gasteiger partial charge in [0.25, 0.3) is 0 Å². The van der Waals surface area contributed by atoms with Crippen LogP contribution in [-0.2, 0) is 18.9 Å². The molecule has 0 aromatic rings. The lowest BCUT2D eigenvalue weighted by Crippen LogP contribution is -2.59. The third-order valence-corrected chi connectivity index (χ3v) is 4.62. The van der Waals surface area contributed by atoms with Crippen LogP contribution in [0.15, 0.2) is 12.7 Å². The predicted octanol–water partition coefficient (Wildman–Crippen LogP) is 6.10. The van der Waals surface area contributed by atoms with E-state index >= 15 is 0 Å². The molecule has 0 aliphatic rings. The van der Waals surface area contributed by atoms with Crippen LogP contribution in [0.4, 0.5) is 0 Å². The Kier molecular flexibility index (Phi) is 18.2. The number of rotatable bonds is 15. The first-order chi connectivity index (χ1) is 12.0. The second kappa shape index (κ2) is 17.0. The van der Waals surface area contributed by atoms with Gasteiger partial charge in [0.2, 0.25) is 0 Å². The van der Waals surface area contributed by atoms with Crippen LogP contribution < -0.4 is 0 Å². The molecule has 0 N–H and O–H groups in total. The van der Waals surface area contributed by atoms with Gasteiger partial charge in [-0.1, -0.05) is 71.3 Å². The second-order valence-corrected chi connectivity index (χ2v) is 6.40. The Hall–Kier alpha value is -0.420. The van der Waals surface area contributed by atoms with Crippen LogP contribution >= 0.6 is 0 Å². The maximum absolute atomic E-state index is 5.93. The van der Waals surface area contributed by atoms with E-state index < -0.39 is 11.6 Å². The first kappa shape index (κ1) is 26.8. The van der Waals surface area contributed by atoms with Gasteiger partial charge in [0.1, 0.15) is 5.60 Å². The minimum atomic E-state index is -1.14. The summed E-state index contributed by atoms with van der Waals surface area (Å²) in [6.45, 7) is 9.67. The monoisotopic (exact) mass is 360 g/mol. The van der Waals surface area contributed by atoms with Gasteiger partial charge in [-0.2, -0.15) is 0 Å². The maximum atomic E-state index is 5.93. The second-order valence-electron chi connectivity index (χ2n) is 6.40. The van der Waals surface area contributed by atoms with Crippen molar-refractivity contribution in [2.45, 2.75) is 96.6 Å². The standard InChI is InChI=1S/C18H38O4.C3H6/c1-7-9-11-12-13-14-16-17(19-3,15-10-8-2)18(20-4,21-5)22-6;1-3-2/h7-16H2,1-6H3;3H,1H2,2H3. The van der Waals surface area contributed by atoms with Crippen molar-refractivity contribution < 1.29 is 18.9 Å². The molecule has 0 aromatic carbocycles. The van der Waals surface area contributed by atoms with Gasteiger partial charge in [-0.25, -0.2) is 0 Å². The molecule has 0 aromatic heterocycles. The number of unbranched alkanes of at least 4 members (excludes halogenated alkanes) is 6. The highest BCUT2D eigenvalue weighted by molar-refractivity contribution is 4.90. The molecular formula is C21H44O4. The Morgan fingerprint density at radius 3 is 1.48 bits per heavy atom. The lowest BCUT2D eigenvalue weighted by Gasteiger charge is -2.46. The molecule has 1 unspecified atom stereocenters. The molecular weight excluding hydrogens is 316 g/mol. The summed E-state index contributed by atoms with van der Waals surface area (Å²) < 4.78 is 22.8. The van der Waals surface area contributed by atoms with Gasteiger partial charge < -0.3 is 18.9 Å². The van der Waals surface area contributed by atoms with Crippen molar-refractivity contribution >= 4 is 0 Å². The van der Waals surface area contributed by atoms with Crippen LogP contribution in [0.5, 0.6) is 0 Å². The lowest BCUT2D eigenvalue weighted by atomic mass is 9.87. The highest BCUT2D eigenvalue weighted by Gasteiger charge is 2.53. The van der Waals surface area contributed by atoms with Crippen LogP contribution in [0.2, 0.25) is 0 Å². The normalized spacial score (nSPS) is 13.7. The van der Waals surface area contributed by atoms with Crippen LogP contribution in [0, 0.1) is 0 Å². The largest absolute Gasteiger partial charge is 0.370 e. The van der Waals surface area contributed by atoms with Crippen LogP contribution in [-0.4, -0.2) is 40.0 Å². The molecule has 0 fully saturated rings. The maximum Gasteiger partial charge on any atom is 0.313 e. The summed E-state index contributed by atoms with van der Waals surface area (Å²) in [4.78, 5) is 0. The molecule has 4 nitrogen and oxygen atoms in total. The summed E-state index contributed by atoms with van der Waals surface area (Å²) in [5.41, 5.74) is -0.563. The number of ether oxygens (including phenoxy) is 4. The molecule has 0 saturated carbocycles. The Labute approximate surface area is 157 Å².